The predicted molar refractivity (Wildman–Crippen MR) is 129 cm³/mol. The second kappa shape index (κ2) is 10.9. The van der Waals surface area contributed by atoms with Gasteiger partial charge in [-0.05, 0) is 61.7 Å². The van der Waals surface area contributed by atoms with Crippen LogP contribution >= 0.6 is 11.8 Å². The van der Waals surface area contributed by atoms with E-state index in [0.717, 1.165) is 18.4 Å². The maximum Gasteiger partial charge on any atom is 0.319 e. The van der Waals surface area contributed by atoms with Gasteiger partial charge in [-0.15, -0.1) is 0 Å². The molecule has 1 saturated heterocycles. The number of amides is 3. The van der Waals surface area contributed by atoms with Crippen molar-refractivity contribution in [3.8, 4) is 0 Å². The Kier molecular flexibility index (Phi) is 7.66. The van der Waals surface area contributed by atoms with E-state index in [4.69, 9.17) is 0 Å². The van der Waals surface area contributed by atoms with Gasteiger partial charge in [0.25, 0.3) is 5.76 Å². The first-order valence-electron chi connectivity index (χ1n) is 11.2. The summed E-state index contributed by atoms with van der Waals surface area (Å²) >= 11 is 0.346. The number of carbonyl (C=O) groups is 2. The minimum absolute atomic E-state index is 0.0520. The lowest BCUT2D eigenvalue weighted by Gasteiger charge is -2.33. The summed E-state index contributed by atoms with van der Waals surface area (Å²) in [7, 11) is 0. The second-order valence-electron chi connectivity index (χ2n) is 8.40. The zero-order valence-electron chi connectivity index (χ0n) is 18.8. The molecule has 2 heterocycles. The number of nitrogens with one attached hydrogen (secondary N) is 2. The third-order valence-electron chi connectivity index (χ3n) is 5.84. The number of piperidine rings is 1. The van der Waals surface area contributed by atoms with Gasteiger partial charge in [-0.3, -0.25) is 4.79 Å². The minimum Gasteiger partial charge on any atom is -0.341 e. The van der Waals surface area contributed by atoms with E-state index in [9.17, 15) is 18.4 Å². The summed E-state index contributed by atoms with van der Waals surface area (Å²) in [6, 6.07) is 14.4. The molecule has 34 heavy (non-hydrogen) atoms. The summed E-state index contributed by atoms with van der Waals surface area (Å²) in [5.41, 5.74) is 3.07. The number of thioether (sulfide) groups is 1. The van der Waals surface area contributed by atoms with Crippen molar-refractivity contribution in [3.05, 3.63) is 54.1 Å². The fraction of sp³-hybridized carbons (Fsp3) is 0.375. The Balaban J connectivity index is 1.34. The van der Waals surface area contributed by atoms with E-state index in [2.05, 4.69) is 15.6 Å². The molecule has 7 nitrogen and oxygen atoms in total. The zero-order valence-corrected chi connectivity index (χ0v) is 19.7. The van der Waals surface area contributed by atoms with Crippen LogP contribution < -0.4 is 10.6 Å². The van der Waals surface area contributed by atoms with Crippen LogP contribution in [0.1, 0.15) is 18.4 Å². The Hall–Kier alpha value is -3.14. The highest BCUT2D eigenvalue weighted by Crippen LogP contribution is 2.29. The third-order valence-corrected chi connectivity index (χ3v) is 6.54. The van der Waals surface area contributed by atoms with Crippen molar-refractivity contribution in [1.82, 2.24) is 19.8 Å². The van der Waals surface area contributed by atoms with Crippen molar-refractivity contribution in [2.45, 2.75) is 37.2 Å². The number of aromatic nitrogens is 2. The Morgan fingerprint density at radius 3 is 2.71 bits per heavy atom. The number of urea groups is 1. The number of halogens is 2. The number of fused-ring (bicyclic) bond motifs is 1. The summed E-state index contributed by atoms with van der Waals surface area (Å²) in [6.07, 6.45) is 1.72. The van der Waals surface area contributed by atoms with Gasteiger partial charge in [-0.2, -0.15) is 8.78 Å². The first kappa shape index (κ1) is 24.0. The number of rotatable bonds is 7. The molecule has 1 aliphatic heterocycles. The van der Waals surface area contributed by atoms with Gasteiger partial charge in [0, 0.05) is 25.3 Å². The molecule has 4 rings (SSSR count). The van der Waals surface area contributed by atoms with E-state index < -0.39 is 5.76 Å². The fourth-order valence-corrected chi connectivity index (χ4v) is 4.72. The first-order chi connectivity index (χ1) is 16.4. The average molecular weight is 488 g/mol. The SMILES string of the molecule is Cc1ccc(NC(=O)NCC2CCCN(C(=O)Cn3c(SC(F)F)nc4ccccc43)C2)cc1. The van der Waals surface area contributed by atoms with Crippen LogP contribution in [0.25, 0.3) is 11.0 Å². The van der Waals surface area contributed by atoms with E-state index in [-0.39, 0.29) is 29.6 Å². The highest BCUT2D eigenvalue weighted by molar-refractivity contribution is 7.99. The number of alkyl halides is 2. The maximum atomic E-state index is 13.1. The van der Waals surface area contributed by atoms with Gasteiger partial charge in [0.15, 0.2) is 5.16 Å². The molecule has 2 aromatic carbocycles. The topological polar surface area (TPSA) is 79.3 Å². The monoisotopic (exact) mass is 487 g/mol. The molecule has 10 heteroatoms. The molecule has 1 unspecified atom stereocenters. The summed E-state index contributed by atoms with van der Waals surface area (Å²) in [6.45, 7) is 3.49. The number of carbonyl (C=O) groups excluding carboxylic acids is 2. The van der Waals surface area contributed by atoms with E-state index >= 15 is 0 Å². The smallest absolute Gasteiger partial charge is 0.319 e. The number of anilines is 1. The molecule has 1 fully saturated rings. The fourth-order valence-electron chi connectivity index (χ4n) is 4.12. The number of likely N-dealkylation sites (tertiary alicyclic amines) is 1. The highest BCUT2D eigenvalue weighted by atomic mass is 32.2. The van der Waals surface area contributed by atoms with Crippen LogP contribution in [0.2, 0.25) is 0 Å². The number of benzene rings is 2. The summed E-state index contributed by atoms with van der Waals surface area (Å²) in [5, 5.41) is 5.82. The predicted octanol–water partition coefficient (Wildman–Crippen LogP) is 4.72. The molecule has 0 bridgehead atoms. The molecule has 3 amide bonds. The number of para-hydroxylation sites is 2. The summed E-state index contributed by atoms with van der Waals surface area (Å²) < 4.78 is 27.7. The van der Waals surface area contributed by atoms with Crippen LogP contribution in [0.4, 0.5) is 19.3 Å². The number of hydrogen-bond donors (Lipinski definition) is 2. The summed E-state index contributed by atoms with van der Waals surface area (Å²) in [5.74, 6) is -2.65. The quantitative estimate of drug-likeness (QED) is 0.473. The molecule has 0 aliphatic carbocycles. The van der Waals surface area contributed by atoms with Gasteiger partial charge in [-0.1, -0.05) is 29.8 Å². The first-order valence-corrected chi connectivity index (χ1v) is 12.1. The number of nitrogens with zero attached hydrogens (tertiary/aromatic N) is 3. The molecule has 0 spiro atoms. The molecule has 180 valence electrons. The zero-order chi connectivity index (χ0) is 24.1. The van der Waals surface area contributed by atoms with Gasteiger partial charge >= 0.3 is 6.03 Å². The molecular weight excluding hydrogens is 460 g/mol. The van der Waals surface area contributed by atoms with Crippen molar-refractivity contribution < 1.29 is 18.4 Å². The van der Waals surface area contributed by atoms with Crippen LogP contribution in [-0.4, -0.2) is 51.8 Å². The highest BCUT2D eigenvalue weighted by Gasteiger charge is 2.26. The van der Waals surface area contributed by atoms with Crippen molar-refractivity contribution in [1.29, 1.82) is 0 Å². The van der Waals surface area contributed by atoms with Crippen molar-refractivity contribution in [3.63, 3.8) is 0 Å². The van der Waals surface area contributed by atoms with Crippen LogP contribution in [0, 0.1) is 12.8 Å². The van der Waals surface area contributed by atoms with Gasteiger partial charge in [-0.25, -0.2) is 9.78 Å². The van der Waals surface area contributed by atoms with Gasteiger partial charge in [0.05, 0.1) is 11.0 Å². The lowest BCUT2D eigenvalue weighted by atomic mass is 9.98. The number of aryl methyl sites for hydroxylation is 1. The van der Waals surface area contributed by atoms with Crippen molar-refractivity contribution >= 4 is 40.4 Å². The normalized spacial score (nSPS) is 16.1. The molecule has 2 N–H and O–H groups in total. The van der Waals surface area contributed by atoms with Crippen molar-refractivity contribution in [2.75, 3.05) is 25.0 Å². The summed E-state index contributed by atoms with van der Waals surface area (Å²) in [4.78, 5) is 31.3. The van der Waals surface area contributed by atoms with Gasteiger partial charge < -0.3 is 20.1 Å². The maximum absolute atomic E-state index is 13.1. The lowest BCUT2D eigenvalue weighted by Crippen LogP contribution is -2.45. The van der Waals surface area contributed by atoms with Crippen LogP contribution in [0.15, 0.2) is 53.7 Å². The Bertz CT molecular complexity index is 1150. The van der Waals surface area contributed by atoms with Gasteiger partial charge in [0.2, 0.25) is 5.91 Å². The van der Waals surface area contributed by atoms with Crippen LogP contribution in [0.3, 0.4) is 0 Å². The molecule has 1 aliphatic rings. The molecule has 1 aromatic heterocycles. The minimum atomic E-state index is -2.62. The molecule has 0 saturated carbocycles. The van der Waals surface area contributed by atoms with E-state index in [0.29, 0.717) is 48.1 Å². The Labute approximate surface area is 200 Å². The van der Waals surface area contributed by atoms with E-state index in [1.54, 1.807) is 33.7 Å². The molecular formula is C24H27F2N5O2S. The molecule has 1 atom stereocenters. The van der Waals surface area contributed by atoms with E-state index in [1.807, 2.05) is 31.2 Å². The van der Waals surface area contributed by atoms with E-state index in [1.165, 1.54) is 0 Å². The molecule has 0 radical (unpaired) electrons. The van der Waals surface area contributed by atoms with Gasteiger partial charge in [0.1, 0.15) is 6.54 Å². The standard InChI is InChI=1S/C24H27F2N5O2S/c1-16-8-10-18(11-9-16)28-23(33)27-13-17-5-4-12-30(14-17)21(32)15-31-20-7-3-2-6-19(20)29-24(31)34-22(25)26/h2-3,6-11,17,22H,4-5,12-15H2,1H3,(H2,27,28,33). The number of imidazole rings is 1. The molecule has 3 aromatic rings. The average Bonchev–Trinajstić information content (AvgIpc) is 3.15. The lowest BCUT2D eigenvalue weighted by molar-refractivity contribution is -0.133. The van der Waals surface area contributed by atoms with Crippen LogP contribution in [-0.2, 0) is 11.3 Å². The van der Waals surface area contributed by atoms with Crippen LogP contribution in [0.5, 0.6) is 0 Å². The Morgan fingerprint density at radius 2 is 1.94 bits per heavy atom. The Morgan fingerprint density at radius 1 is 1.18 bits per heavy atom. The van der Waals surface area contributed by atoms with Crippen molar-refractivity contribution in [2.24, 2.45) is 5.92 Å². The largest absolute Gasteiger partial charge is 0.341 e. The number of hydrogen-bond acceptors (Lipinski definition) is 4. The third kappa shape index (κ3) is 6.05. The second-order valence-corrected chi connectivity index (χ2v) is 9.35.